The van der Waals surface area contributed by atoms with Crippen molar-refractivity contribution < 1.29 is 24.2 Å². The molecule has 1 aromatic carbocycles. The summed E-state index contributed by atoms with van der Waals surface area (Å²) >= 11 is 0. The molecule has 3 unspecified atom stereocenters. The minimum atomic E-state index is -0.866. The van der Waals surface area contributed by atoms with Gasteiger partial charge < -0.3 is 25.6 Å². The van der Waals surface area contributed by atoms with E-state index in [0.717, 1.165) is 12.8 Å². The highest BCUT2D eigenvalue weighted by molar-refractivity contribution is 14.0. The molecule has 3 atom stereocenters. The van der Waals surface area contributed by atoms with Crippen molar-refractivity contribution in [3.05, 3.63) is 35.9 Å². The molecule has 0 spiro atoms. The Kier molecular flexibility index (Phi) is 20.8. The third-order valence-corrected chi connectivity index (χ3v) is 6.23. The largest absolute Gasteiger partial charge is 0.456 e. The quantitative estimate of drug-likeness (QED) is 0.105. The van der Waals surface area contributed by atoms with Gasteiger partial charge in [-0.05, 0) is 30.7 Å². The van der Waals surface area contributed by atoms with Gasteiger partial charge in [0.15, 0.2) is 6.10 Å². The van der Waals surface area contributed by atoms with E-state index >= 15 is 0 Å². The van der Waals surface area contributed by atoms with E-state index in [9.17, 15) is 14.7 Å². The molecule has 208 valence electrons. The van der Waals surface area contributed by atoms with Crippen molar-refractivity contribution in [2.45, 2.75) is 97.1 Å². The molecule has 0 heterocycles. The van der Waals surface area contributed by atoms with Crippen LogP contribution in [0.2, 0.25) is 0 Å². The lowest BCUT2D eigenvalue weighted by atomic mass is 9.86. The maximum absolute atomic E-state index is 12.0. The second-order valence-corrected chi connectivity index (χ2v) is 9.73. The number of hydrogen-bond acceptors (Lipinski definition) is 6. The first-order valence-corrected chi connectivity index (χ1v) is 13.4. The molecule has 36 heavy (non-hydrogen) atoms. The smallest absolute Gasteiger partial charge is 0.407 e. The Morgan fingerprint density at radius 1 is 1.00 bits per heavy atom. The van der Waals surface area contributed by atoms with Crippen molar-refractivity contribution in [3.63, 3.8) is 0 Å². The van der Waals surface area contributed by atoms with Gasteiger partial charge in [0.2, 0.25) is 0 Å². The van der Waals surface area contributed by atoms with Crippen LogP contribution in [0.25, 0.3) is 0 Å². The molecule has 1 aromatic rings. The van der Waals surface area contributed by atoms with Crippen LogP contribution in [0.3, 0.4) is 0 Å². The summed E-state index contributed by atoms with van der Waals surface area (Å²) in [7, 11) is 0. The molecule has 0 bridgehead atoms. The zero-order chi connectivity index (χ0) is 25.9. The predicted octanol–water partition coefficient (Wildman–Crippen LogP) is 5.61. The molecule has 7 nitrogen and oxygen atoms in total. The van der Waals surface area contributed by atoms with E-state index in [0.29, 0.717) is 18.9 Å². The van der Waals surface area contributed by atoms with Crippen molar-refractivity contribution >= 4 is 36.0 Å². The number of nitrogens with one attached hydrogen (secondary N) is 1. The van der Waals surface area contributed by atoms with Gasteiger partial charge in [-0.2, -0.15) is 0 Å². The number of unbranched alkanes of at least 4 members (excludes halogenated alkanes) is 6. The SMILES string of the molecule is CCCCCCCCCC(Cc1ccccc1)C(N)CCNC(=O)OCC(CO)OC(=O)C(C)C.I. The van der Waals surface area contributed by atoms with E-state index in [1.54, 1.807) is 13.8 Å². The molecule has 0 aromatic heterocycles. The third kappa shape index (κ3) is 16.4. The van der Waals surface area contributed by atoms with Crippen LogP contribution in [0.4, 0.5) is 4.79 Å². The standard InChI is InChI=1S/C28H48N2O5.HI/c1-4-5-6-7-8-9-13-16-24(19-23-14-11-10-12-15-23)26(29)17-18-30-28(33)34-21-25(20-31)35-27(32)22(2)3;/h10-12,14-15,22,24-26,31H,4-9,13,16-21,29H2,1-3H3,(H,30,33);1H. The van der Waals surface area contributed by atoms with E-state index < -0.39 is 24.8 Å². The second kappa shape index (κ2) is 21.7. The molecule has 1 rings (SSSR count). The number of amides is 1. The summed E-state index contributed by atoms with van der Waals surface area (Å²) in [5.41, 5.74) is 7.86. The van der Waals surface area contributed by atoms with Gasteiger partial charge >= 0.3 is 12.1 Å². The normalized spacial score (nSPS) is 13.4. The summed E-state index contributed by atoms with van der Waals surface area (Å²) in [6.45, 7) is 5.44. The first-order chi connectivity index (χ1) is 16.9. The molecule has 0 radical (unpaired) electrons. The number of rotatable bonds is 19. The first-order valence-electron chi connectivity index (χ1n) is 13.4. The molecular weight excluding hydrogens is 571 g/mol. The van der Waals surface area contributed by atoms with Gasteiger partial charge in [-0.1, -0.05) is 96.0 Å². The van der Waals surface area contributed by atoms with Gasteiger partial charge in [-0.3, -0.25) is 4.79 Å². The minimum absolute atomic E-state index is 0. The molecule has 0 fully saturated rings. The van der Waals surface area contributed by atoms with E-state index in [1.807, 2.05) is 6.07 Å². The van der Waals surface area contributed by atoms with Crippen LogP contribution in [-0.4, -0.2) is 49.1 Å². The minimum Gasteiger partial charge on any atom is -0.456 e. The Morgan fingerprint density at radius 2 is 1.64 bits per heavy atom. The number of benzene rings is 1. The fourth-order valence-electron chi connectivity index (χ4n) is 3.97. The fraction of sp³-hybridized carbons (Fsp3) is 0.714. The molecular formula is C28H49IN2O5. The van der Waals surface area contributed by atoms with Crippen molar-refractivity contribution in [1.29, 1.82) is 0 Å². The number of nitrogens with two attached hydrogens (primary N) is 1. The number of esters is 1. The molecule has 1 amide bonds. The monoisotopic (exact) mass is 620 g/mol. The topological polar surface area (TPSA) is 111 Å². The summed E-state index contributed by atoms with van der Waals surface area (Å²) in [5, 5.41) is 12.1. The first kappa shape index (κ1) is 34.6. The van der Waals surface area contributed by atoms with E-state index in [1.165, 1.54) is 50.5 Å². The fourth-order valence-corrected chi connectivity index (χ4v) is 3.97. The molecule has 0 aliphatic heterocycles. The zero-order valence-electron chi connectivity index (χ0n) is 22.5. The number of aliphatic hydroxyl groups is 1. The molecule has 0 saturated heterocycles. The predicted molar refractivity (Wildman–Crippen MR) is 155 cm³/mol. The molecule has 0 saturated carbocycles. The van der Waals surface area contributed by atoms with E-state index in [4.69, 9.17) is 15.2 Å². The molecule has 0 aliphatic carbocycles. The number of hydrogen-bond donors (Lipinski definition) is 3. The lowest BCUT2D eigenvalue weighted by molar-refractivity contribution is -0.157. The highest BCUT2D eigenvalue weighted by Crippen LogP contribution is 2.21. The number of carbonyl (C=O) groups excluding carboxylic acids is 2. The van der Waals surface area contributed by atoms with Gasteiger partial charge in [0.05, 0.1) is 12.5 Å². The summed E-state index contributed by atoms with van der Waals surface area (Å²) in [4.78, 5) is 23.7. The van der Waals surface area contributed by atoms with Crippen LogP contribution in [-0.2, 0) is 20.7 Å². The van der Waals surface area contributed by atoms with Crippen LogP contribution < -0.4 is 11.1 Å². The van der Waals surface area contributed by atoms with Crippen molar-refractivity contribution in [2.75, 3.05) is 19.8 Å². The maximum Gasteiger partial charge on any atom is 0.407 e. The van der Waals surface area contributed by atoms with Gasteiger partial charge in [0, 0.05) is 12.6 Å². The summed E-state index contributed by atoms with van der Waals surface area (Å²) < 4.78 is 10.2. The highest BCUT2D eigenvalue weighted by Gasteiger charge is 2.20. The lowest BCUT2D eigenvalue weighted by Crippen LogP contribution is -2.37. The maximum atomic E-state index is 12.0. The Morgan fingerprint density at radius 3 is 2.25 bits per heavy atom. The molecule has 8 heteroatoms. The average Bonchev–Trinajstić information content (AvgIpc) is 2.85. The Hall–Kier alpha value is -1.39. The van der Waals surface area contributed by atoms with Crippen molar-refractivity contribution in [2.24, 2.45) is 17.6 Å². The van der Waals surface area contributed by atoms with Gasteiger partial charge in [-0.15, -0.1) is 24.0 Å². The van der Waals surface area contributed by atoms with E-state index in [-0.39, 0.29) is 42.5 Å². The van der Waals surface area contributed by atoms with Gasteiger partial charge in [0.25, 0.3) is 0 Å². The van der Waals surface area contributed by atoms with Gasteiger partial charge in [0.1, 0.15) is 6.61 Å². The van der Waals surface area contributed by atoms with Crippen LogP contribution >= 0.6 is 24.0 Å². The number of alkyl carbamates (subject to hydrolysis) is 1. The van der Waals surface area contributed by atoms with E-state index in [2.05, 4.69) is 36.5 Å². The van der Waals surface area contributed by atoms with Crippen molar-refractivity contribution in [1.82, 2.24) is 5.32 Å². The zero-order valence-corrected chi connectivity index (χ0v) is 24.8. The van der Waals surface area contributed by atoms with Crippen LogP contribution in [0.15, 0.2) is 30.3 Å². The van der Waals surface area contributed by atoms with Crippen LogP contribution in [0.1, 0.15) is 84.1 Å². The molecule has 4 N–H and O–H groups in total. The Balaban J connectivity index is 0.0000122. The van der Waals surface area contributed by atoms with Crippen molar-refractivity contribution in [3.8, 4) is 0 Å². The third-order valence-electron chi connectivity index (χ3n) is 6.23. The second-order valence-electron chi connectivity index (χ2n) is 9.73. The van der Waals surface area contributed by atoms with Gasteiger partial charge in [-0.25, -0.2) is 4.79 Å². The molecule has 0 aliphatic rings. The lowest BCUT2D eigenvalue weighted by Gasteiger charge is -2.24. The Labute approximate surface area is 235 Å². The number of ether oxygens (including phenoxy) is 2. The summed E-state index contributed by atoms with van der Waals surface area (Å²) in [5.74, 6) is -0.409. The number of carbonyl (C=O) groups is 2. The van der Waals surface area contributed by atoms with Crippen LogP contribution in [0, 0.1) is 11.8 Å². The number of halogens is 1. The summed E-state index contributed by atoms with van der Waals surface area (Å²) in [6, 6.07) is 10.4. The highest BCUT2D eigenvalue weighted by atomic mass is 127. The van der Waals surface area contributed by atoms with Crippen LogP contribution in [0.5, 0.6) is 0 Å². The number of aliphatic hydroxyl groups excluding tert-OH is 1. The Bertz CT molecular complexity index is 690. The summed E-state index contributed by atoms with van der Waals surface area (Å²) in [6.07, 6.45) is 10.1. The average molecular weight is 621 g/mol.